The lowest BCUT2D eigenvalue weighted by atomic mass is 9.82. The summed E-state index contributed by atoms with van der Waals surface area (Å²) in [5, 5.41) is 10.2. The Labute approximate surface area is 135 Å². The Morgan fingerprint density at radius 1 is 1.43 bits per heavy atom. The minimum absolute atomic E-state index is 0.111. The van der Waals surface area contributed by atoms with Gasteiger partial charge < -0.3 is 19.5 Å². The molecule has 1 N–H and O–H groups in total. The number of amides is 1. The van der Waals surface area contributed by atoms with Gasteiger partial charge in [0.1, 0.15) is 11.6 Å². The second-order valence-electron chi connectivity index (χ2n) is 6.20. The summed E-state index contributed by atoms with van der Waals surface area (Å²) in [6.07, 6.45) is 2.47. The Kier molecular flexibility index (Phi) is 4.82. The molecule has 0 saturated carbocycles. The Hall–Kier alpha value is -1.66. The van der Waals surface area contributed by atoms with Gasteiger partial charge in [0.2, 0.25) is 0 Å². The summed E-state index contributed by atoms with van der Waals surface area (Å²) in [7, 11) is 0. The van der Waals surface area contributed by atoms with Crippen LogP contribution in [0.5, 0.6) is 5.75 Å². The van der Waals surface area contributed by atoms with Crippen LogP contribution in [0.1, 0.15) is 25.7 Å². The quantitative estimate of drug-likeness (QED) is 0.920. The summed E-state index contributed by atoms with van der Waals surface area (Å²) in [5.41, 5.74) is -0.488. The topological polar surface area (TPSA) is 59.0 Å². The van der Waals surface area contributed by atoms with Crippen LogP contribution in [0.25, 0.3) is 0 Å². The fraction of sp³-hybridized carbons (Fsp3) is 0.588. The number of carbonyl (C=O) groups is 1. The van der Waals surface area contributed by atoms with Crippen LogP contribution in [0, 0.1) is 5.82 Å². The Bertz CT molecular complexity index is 557. The summed E-state index contributed by atoms with van der Waals surface area (Å²) in [4.78, 5) is 13.9. The van der Waals surface area contributed by atoms with Crippen molar-refractivity contribution in [1.29, 1.82) is 0 Å². The van der Waals surface area contributed by atoms with Crippen molar-refractivity contribution in [2.75, 3.05) is 26.3 Å². The number of nitrogens with zero attached hydrogens (tertiary/aromatic N) is 1. The summed E-state index contributed by atoms with van der Waals surface area (Å²) in [6.45, 7) is 1.65. The van der Waals surface area contributed by atoms with E-state index in [0.717, 1.165) is 12.8 Å². The molecule has 6 heteroatoms. The normalized spacial score (nSPS) is 23.7. The van der Waals surface area contributed by atoms with Gasteiger partial charge in [0.25, 0.3) is 5.91 Å². The highest BCUT2D eigenvalue weighted by molar-refractivity contribution is 5.77. The van der Waals surface area contributed by atoms with Crippen molar-refractivity contribution in [2.45, 2.75) is 37.4 Å². The fourth-order valence-electron chi connectivity index (χ4n) is 3.32. The minimum atomic E-state index is -0.488. The van der Waals surface area contributed by atoms with E-state index in [1.165, 1.54) is 12.1 Å². The minimum Gasteiger partial charge on any atom is -0.484 e. The molecule has 2 heterocycles. The number of rotatable bonds is 3. The number of hydrogen-bond donors (Lipinski definition) is 1. The highest BCUT2D eigenvalue weighted by Gasteiger charge is 2.44. The Balaban J connectivity index is 1.50. The molecule has 2 saturated heterocycles. The van der Waals surface area contributed by atoms with Crippen molar-refractivity contribution in [2.24, 2.45) is 0 Å². The van der Waals surface area contributed by atoms with Gasteiger partial charge in [-0.1, -0.05) is 6.07 Å². The van der Waals surface area contributed by atoms with Crippen LogP contribution in [0.2, 0.25) is 0 Å². The summed E-state index contributed by atoms with van der Waals surface area (Å²) in [5.74, 6) is -0.175. The molecule has 3 rings (SSSR count). The van der Waals surface area contributed by atoms with Crippen LogP contribution in [0.3, 0.4) is 0 Å². The molecule has 2 aliphatic rings. The molecule has 126 valence electrons. The zero-order chi connectivity index (χ0) is 16.3. The molecular weight excluding hydrogens is 301 g/mol. The van der Waals surface area contributed by atoms with Gasteiger partial charge in [-0.15, -0.1) is 0 Å². The van der Waals surface area contributed by atoms with Crippen molar-refractivity contribution in [3.05, 3.63) is 30.1 Å². The van der Waals surface area contributed by atoms with Crippen LogP contribution in [0.4, 0.5) is 4.39 Å². The molecule has 0 radical (unpaired) electrons. The molecule has 2 fully saturated rings. The first-order valence-corrected chi connectivity index (χ1v) is 8.07. The molecule has 0 unspecified atom stereocenters. The average molecular weight is 323 g/mol. The molecule has 23 heavy (non-hydrogen) atoms. The van der Waals surface area contributed by atoms with Gasteiger partial charge >= 0.3 is 0 Å². The zero-order valence-electron chi connectivity index (χ0n) is 13.0. The van der Waals surface area contributed by atoms with E-state index in [1.807, 2.05) is 0 Å². The maximum Gasteiger partial charge on any atom is 0.260 e. The van der Waals surface area contributed by atoms with Crippen molar-refractivity contribution in [3.63, 3.8) is 0 Å². The third kappa shape index (κ3) is 3.64. The maximum atomic E-state index is 13.1. The third-order valence-corrected chi connectivity index (χ3v) is 4.74. The first-order valence-electron chi connectivity index (χ1n) is 8.07. The molecule has 1 spiro atoms. The van der Waals surface area contributed by atoms with Gasteiger partial charge in [-0.2, -0.15) is 0 Å². The zero-order valence-corrected chi connectivity index (χ0v) is 13.0. The van der Waals surface area contributed by atoms with E-state index in [0.29, 0.717) is 38.3 Å². The van der Waals surface area contributed by atoms with Crippen molar-refractivity contribution in [1.82, 2.24) is 4.90 Å². The van der Waals surface area contributed by atoms with Gasteiger partial charge in [-0.25, -0.2) is 4.39 Å². The summed E-state index contributed by atoms with van der Waals surface area (Å²) in [6, 6.07) is 5.74. The lowest BCUT2D eigenvalue weighted by Crippen LogP contribution is -2.56. The predicted octanol–water partition coefficient (Wildman–Crippen LogP) is 1.74. The van der Waals surface area contributed by atoms with E-state index in [1.54, 1.807) is 17.0 Å². The molecule has 1 amide bonds. The number of benzene rings is 1. The number of halogens is 1. The molecule has 0 aromatic heterocycles. The van der Waals surface area contributed by atoms with Crippen LogP contribution < -0.4 is 4.74 Å². The van der Waals surface area contributed by atoms with Crippen LogP contribution in [-0.4, -0.2) is 53.9 Å². The first kappa shape index (κ1) is 16.2. The van der Waals surface area contributed by atoms with Gasteiger partial charge in [-0.3, -0.25) is 4.79 Å². The van der Waals surface area contributed by atoms with E-state index < -0.39 is 17.5 Å². The van der Waals surface area contributed by atoms with Gasteiger partial charge in [0.15, 0.2) is 6.61 Å². The SMILES string of the molecule is O=C(COc1cccc(F)c1)N1CCC2(CC1)OCCC[C@H]2O. The van der Waals surface area contributed by atoms with Crippen molar-refractivity contribution < 1.29 is 23.8 Å². The molecule has 1 aromatic carbocycles. The van der Waals surface area contributed by atoms with Crippen molar-refractivity contribution >= 4 is 5.91 Å². The Morgan fingerprint density at radius 3 is 2.91 bits per heavy atom. The predicted molar refractivity (Wildman–Crippen MR) is 81.6 cm³/mol. The lowest BCUT2D eigenvalue weighted by molar-refractivity contribution is -0.180. The largest absolute Gasteiger partial charge is 0.484 e. The van der Waals surface area contributed by atoms with Gasteiger partial charge in [0, 0.05) is 25.8 Å². The number of hydrogen-bond acceptors (Lipinski definition) is 4. The number of likely N-dealkylation sites (tertiary alicyclic amines) is 1. The fourth-order valence-corrected chi connectivity index (χ4v) is 3.32. The third-order valence-electron chi connectivity index (χ3n) is 4.74. The number of aliphatic hydroxyl groups is 1. The number of aliphatic hydroxyl groups excluding tert-OH is 1. The lowest BCUT2D eigenvalue weighted by Gasteiger charge is -2.46. The molecule has 5 nitrogen and oxygen atoms in total. The number of piperidine rings is 1. The van der Waals surface area contributed by atoms with E-state index in [-0.39, 0.29) is 12.5 Å². The maximum absolute atomic E-state index is 13.1. The molecule has 1 atom stereocenters. The highest BCUT2D eigenvalue weighted by Crippen LogP contribution is 2.35. The monoisotopic (exact) mass is 323 g/mol. The van der Waals surface area contributed by atoms with E-state index in [4.69, 9.17) is 9.47 Å². The van der Waals surface area contributed by atoms with E-state index >= 15 is 0 Å². The molecule has 2 aliphatic heterocycles. The van der Waals surface area contributed by atoms with Crippen LogP contribution in [-0.2, 0) is 9.53 Å². The second-order valence-corrected chi connectivity index (χ2v) is 6.20. The summed E-state index contributed by atoms with van der Waals surface area (Å²) < 4.78 is 24.2. The number of ether oxygens (including phenoxy) is 2. The Morgan fingerprint density at radius 2 is 2.22 bits per heavy atom. The van der Waals surface area contributed by atoms with E-state index in [9.17, 15) is 14.3 Å². The van der Waals surface area contributed by atoms with Crippen LogP contribution in [0.15, 0.2) is 24.3 Å². The average Bonchev–Trinajstić information content (AvgIpc) is 2.56. The smallest absolute Gasteiger partial charge is 0.260 e. The van der Waals surface area contributed by atoms with Crippen LogP contribution >= 0.6 is 0 Å². The van der Waals surface area contributed by atoms with E-state index in [2.05, 4.69) is 0 Å². The molecule has 0 aliphatic carbocycles. The van der Waals surface area contributed by atoms with Gasteiger partial charge in [0.05, 0.1) is 11.7 Å². The standard InChI is InChI=1S/C17H22FNO4/c18-13-3-1-4-14(11-13)22-12-16(21)19-8-6-17(7-9-19)15(20)5-2-10-23-17/h1,3-4,11,15,20H,2,5-10,12H2/t15-/m1/s1. The molecular formula is C17H22FNO4. The van der Waals surface area contributed by atoms with Crippen molar-refractivity contribution in [3.8, 4) is 5.75 Å². The summed E-state index contributed by atoms with van der Waals surface area (Å²) >= 11 is 0. The molecule has 0 bridgehead atoms. The number of carbonyl (C=O) groups excluding carboxylic acids is 1. The second kappa shape index (κ2) is 6.84. The molecule has 1 aromatic rings. The highest BCUT2D eigenvalue weighted by atomic mass is 19.1. The van der Waals surface area contributed by atoms with Gasteiger partial charge in [-0.05, 0) is 37.8 Å². The first-order chi connectivity index (χ1) is 11.1.